The summed E-state index contributed by atoms with van der Waals surface area (Å²) in [4.78, 5) is 24.9. The minimum Gasteiger partial charge on any atom is -0.460 e. The molecule has 1 atom stereocenters. The summed E-state index contributed by atoms with van der Waals surface area (Å²) in [6, 6.07) is 0. The molecule has 6 nitrogen and oxygen atoms in total. The van der Waals surface area contributed by atoms with Crippen LogP contribution in [0.25, 0.3) is 0 Å². The van der Waals surface area contributed by atoms with E-state index in [0.29, 0.717) is 26.1 Å². The van der Waals surface area contributed by atoms with Gasteiger partial charge in [0.05, 0.1) is 6.42 Å². The number of rotatable bonds is 8. The first-order chi connectivity index (χ1) is 9.64. The molecule has 0 bridgehead atoms. The van der Waals surface area contributed by atoms with Crippen molar-refractivity contribution in [2.24, 2.45) is 0 Å². The Bertz CT molecular complexity index is 329. The number of esters is 1. The molecule has 0 aliphatic heterocycles. The number of amides is 1. The van der Waals surface area contributed by atoms with Crippen LogP contribution in [-0.4, -0.2) is 54.3 Å². The van der Waals surface area contributed by atoms with E-state index in [4.69, 9.17) is 21.1 Å². The number of alkyl halides is 1. The van der Waals surface area contributed by atoms with E-state index in [-0.39, 0.29) is 5.97 Å². The van der Waals surface area contributed by atoms with Crippen LogP contribution in [0.4, 0.5) is 4.79 Å². The van der Waals surface area contributed by atoms with Gasteiger partial charge in [0, 0.05) is 19.6 Å². The van der Waals surface area contributed by atoms with Gasteiger partial charge in [-0.2, -0.15) is 0 Å². The van der Waals surface area contributed by atoms with Crippen molar-refractivity contribution in [3.8, 4) is 0 Å². The van der Waals surface area contributed by atoms with E-state index in [9.17, 15) is 9.59 Å². The van der Waals surface area contributed by atoms with E-state index in [1.807, 2.05) is 32.6 Å². The Morgan fingerprint density at radius 3 is 2.38 bits per heavy atom. The normalized spacial score (nSPS) is 12.9. The van der Waals surface area contributed by atoms with Crippen molar-refractivity contribution in [3.63, 3.8) is 0 Å². The van der Waals surface area contributed by atoms with Gasteiger partial charge >= 0.3 is 12.1 Å². The van der Waals surface area contributed by atoms with Crippen molar-refractivity contribution in [2.75, 3.05) is 26.2 Å². The van der Waals surface area contributed by atoms with Gasteiger partial charge in [0.15, 0.2) is 5.56 Å². The van der Waals surface area contributed by atoms with Crippen LogP contribution in [0.5, 0.6) is 0 Å². The second-order valence-corrected chi connectivity index (χ2v) is 6.26. The third kappa shape index (κ3) is 12.4. The second-order valence-electron chi connectivity index (χ2n) is 5.65. The number of hydrogen-bond donors (Lipinski definition) is 1. The van der Waals surface area contributed by atoms with Gasteiger partial charge in [0.2, 0.25) is 0 Å². The Labute approximate surface area is 132 Å². The highest BCUT2D eigenvalue weighted by molar-refractivity contribution is 6.19. The highest BCUT2D eigenvalue weighted by atomic mass is 35.5. The molecule has 0 aromatic rings. The van der Waals surface area contributed by atoms with Gasteiger partial charge in [-0.1, -0.05) is 18.5 Å². The summed E-state index contributed by atoms with van der Waals surface area (Å²) in [5, 5.41) is 2.60. The summed E-state index contributed by atoms with van der Waals surface area (Å²) in [7, 11) is 0. The molecule has 0 aromatic carbocycles. The number of alkyl carbamates (subject to hydrolysis) is 1. The second kappa shape index (κ2) is 9.84. The molecule has 0 radical (unpaired) electrons. The number of nitrogens with one attached hydrogen (secondary N) is 1. The summed E-state index contributed by atoms with van der Waals surface area (Å²) >= 11 is 5.53. The van der Waals surface area contributed by atoms with Gasteiger partial charge in [-0.25, -0.2) is 4.79 Å². The zero-order valence-corrected chi connectivity index (χ0v) is 14.3. The van der Waals surface area contributed by atoms with Gasteiger partial charge < -0.3 is 19.7 Å². The van der Waals surface area contributed by atoms with Crippen LogP contribution in [0.3, 0.4) is 0 Å². The first-order valence-electron chi connectivity index (χ1n) is 7.16. The first kappa shape index (κ1) is 20.0. The van der Waals surface area contributed by atoms with Crippen molar-refractivity contribution < 1.29 is 19.1 Å². The number of nitrogens with zero attached hydrogens (tertiary/aromatic N) is 1. The molecular weight excluding hydrogens is 296 g/mol. The molecule has 0 aliphatic carbocycles. The van der Waals surface area contributed by atoms with Crippen LogP contribution in [0, 0.1) is 0 Å². The fraction of sp³-hybridized carbons (Fsp3) is 0.857. The first-order valence-corrected chi connectivity index (χ1v) is 7.60. The van der Waals surface area contributed by atoms with Crippen LogP contribution in [0.1, 0.15) is 41.0 Å². The fourth-order valence-corrected chi connectivity index (χ4v) is 1.66. The van der Waals surface area contributed by atoms with E-state index >= 15 is 0 Å². The van der Waals surface area contributed by atoms with Gasteiger partial charge in [0.25, 0.3) is 0 Å². The minimum atomic E-state index is -0.653. The van der Waals surface area contributed by atoms with Crippen LogP contribution in [0.2, 0.25) is 0 Å². The Kier molecular flexibility index (Phi) is 9.37. The molecule has 0 aromatic heterocycles. The average Bonchev–Trinajstić information content (AvgIpc) is 2.30. The zero-order valence-electron chi connectivity index (χ0n) is 13.6. The molecule has 0 spiro atoms. The number of ether oxygens (including phenoxy) is 2. The maximum Gasteiger partial charge on any atom is 0.408 e. The average molecular weight is 323 g/mol. The molecule has 0 saturated carbocycles. The molecule has 0 saturated heterocycles. The molecule has 7 heteroatoms. The Balaban J connectivity index is 3.91. The summed E-state index contributed by atoms with van der Waals surface area (Å²) in [5.74, 6) is -0.218. The predicted molar refractivity (Wildman–Crippen MR) is 82.4 cm³/mol. The maximum absolute atomic E-state index is 11.6. The van der Waals surface area contributed by atoms with E-state index in [0.717, 1.165) is 6.54 Å². The van der Waals surface area contributed by atoms with Gasteiger partial charge in [-0.3, -0.25) is 4.79 Å². The SMILES string of the molecule is CCN(CCNC(=O)O[C@H](C)Cl)CCC(=O)OC(C)(C)C. The molecule has 1 N–H and O–H groups in total. The van der Waals surface area contributed by atoms with Gasteiger partial charge in [-0.05, 0) is 34.2 Å². The van der Waals surface area contributed by atoms with Crippen molar-refractivity contribution in [3.05, 3.63) is 0 Å². The monoisotopic (exact) mass is 322 g/mol. The van der Waals surface area contributed by atoms with Crippen LogP contribution >= 0.6 is 11.6 Å². The predicted octanol–water partition coefficient (Wildman–Crippen LogP) is 2.35. The van der Waals surface area contributed by atoms with Crippen molar-refractivity contribution in [1.29, 1.82) is 0 Å². The smallest absolute Gasteiger partial charge is 0.408 e. The lowest BCUT2D eigenvalue weighted by atomic mass is 10.2. The Morgan fingerprint density at radius 2 is 1.90 bits per heavy atom. The number of carbonyl (C=O) groups is 2. The van der Waals surface area contributed by atoms with E-state index in [1.54, 1.807) is 6.92 Å². The van der Waals surface area contributed by atoms with Crippen molar-refractivity contribution >= 4 is 23.7 Å². The van der Waals surface area contributed by atoms with Gasteiger partial charge in [-0.15, -0.1) is 0 Å². The largest absolute Gasteiger partial charge is 0.460 e. The van der Waals surface area contributed by atoms with Crippen LogP contribution < -0.4 is 5.32 Å². The quantitative estimate of drug-likeness (QED) is 0.549. The van der Waals surface area contributed by atoms with Crippen molar-refractivity contribution in [2.45, 2.75) is 52.2 Å². The Hall–Kier alpha value is -1.01. The molecule has 1 amide bonds. The molecule has 0 rings (SSSR count). The number of carbonyl (C=O) groups excluding carboxylic acids is 2. The highest BCUT2D eigenvalue weighted by Crippen LogP contribution is 2.08. The van der Waals surface area contributed by atoms with E-state index in [2.05, 4.69) is 5.32 Å². The number of halogens is 1. The summed E-state index contributed by atoms with van der Waals surface area (Å²) < 4.78 is 9.99. The minimum absolute atomic E-state index is 0.218. The molecular formula is C14H27ClN2O4. The zero-order chi connectivity index (χ0) is 16.5. The lowest BCUT2D eigenvalue weighted by Crippen LogP contribution is -2.37. The topological polar surface area (TPSA) is 67.9 Å². The highest BCUT2D eigenvalue weighted by Gasteiger charge is 2.16. The molecule has 0 unspecified atom stereocenters. The summed E-state index contributed by atoms with van der Waals surface area (Å²) in [6.07, 6.45) is -0.213. The van der Waals surface area contributed by atoms with Crippen LogP contribution in [0.15, 0.2) is 0 Å². The third-order valence-electron chi connectivity index (χ3n) is 2.47. The summed E-state index contributed by atoms with van der Waals surface area (Å²) in [5.41, 5.74) is -1.11. The molecule has 0 fully saturated rings. The standard InChI is InChI=1S/C14H27ClN2O4/c1-6-17(9-7-12(18)21-14(3,4)5)10-8-16-13(19)20-11(2)15/h11H,6-10H2,1-5H3,(H,16,19)/t11-/m1/s1. The molecule has 124 valence electrons. The number of hydrogen-bond acceptors (Lipinski definition) is 5. The third-order valence-corrected chi connectivity index (χ3v) is 2.56. The summed E-state index contributed by atoms with van der Waals surface area (Å²) in [6.45, 7) is 11.5. The molecule has 0 aliphatic rings. The Morgan fingerprint density at radius 1 is 1.29 bits per heavy atom. The lowest BCUT2D eigenvalue weighted by Gasteiger charge is -2.23. The van der Waals surface area contributed by atoms with Crippen molar-refractivity contribution in [1.82, 2.24) is 10.2 Å². The number of likely N-dealkylation sites (N-methyl/N-ethyl adjacent to an activating group) is 1. The maximum atomic E-state index is 11.6. The lowest BCUT2D eigenvalue weighted by molar-refractivity contribution is -0.155. The van der Waals surface area contributed by atoms with E-state index in [1.165, 1.54) is 0 Å². The molecule has 21 heavy (non-hydrogen) atoms. The molecule has 0 heterocycles. The fourth-order valence-electron chi connectivity index (χ4n) is 1.58. The van der Waals surface area contributed by atoms with Crippen LogP contribution in [-0.2, 0) is 14.3 Å². The van der Waals surface area contributed by atoms with Gasteiger partial charge in [0.1, 0.15) is 5.60 Å². The van der Waals surface area contributed by atoms with E-state index < -0.39 is 17.3 Å².